The lowest BCUT2D eigenvalue weighted by Gasteiger charge is -2.07. The number of rotatable bonds is 5. The van der Waals surface area contributed by atoms with Gasteiger partial charge >= 0.3 is 0 Å². The average Bonchev–Trinajstić information content (AvgIpc) is 2.53. The van der Waals surface area contributed by atoms with E-state index in [9.17, 15) is 4.79 Å². The summed E-state index contributed by atoms with van der Waals surface area (Å²) in [6, 6.07) is 14.8. The largest absolute Gasteiger partial charge is 0.497 e. The zero-order valence-electron chi connectivity index (χ0n) is 12.9. The van der Waals surface area contributed by atoms with Crippen molar-refractivity contribution >= 4 is 11.6 Å². The van der Waals surface area contributed by atoms with Crippen molar-refractivity contribution in [1.82, 2.24) is 0 Å². The molecule has 2 rings (SSSR count). The van der Waals surface area contributed by atoms with E-state index >= 15 is 0 Å². The lowest BCUT2D eigenvalue weighted by atomic mass is 10.2. The number of aryl methyl sites for hydroxylation is 1. The molecule has 2 aromatic rings. The number of methoxy groups -OCH3 is 1. The van der Waals surface area contributed by atoms with Gasteiger partial charge in [0.15, 0.2) is 0 Å². The normalized spacial score (nSPS) is 11.0. The lowest BCUT2D eigenvalue weighted by molar-refractivity contribution is -0.112. The molecular formula is C18H19NO3. The van der Waals surface area contributed by atoms with E-state index in [0.29, 0.717) is 17.0 Å². The third kappa shape index (κ3) is 4.38. The van der Waals surface area contributed by atoms with Crippen molar-refractivity contribution in [3.05, 3.63) is 65.9 Å². The minimum absolute atomic E-state index is 0.210. The van der Waals surface area contributed by atoms with Gasteiger partial charge in [0, 0.05) is 11.3 Å². The van der Waals surface area contributed by atoms with Crippen molar-refractivity contribution in [1.29, 1.82) is 0 Å². The van der Waals surface area contributed by atoms with Gasteiger partial charge in [-0.2, -0.15) is 0 Å². The standard InChI is InChI=1S/C18H19NO3/c1-13-5-4-6-17(11-13)22-12-14(2)18(20)19-15-7-9-16(21-3)10-8-15/h4-12H,1-3H3,(H,19,20)/b14-12+. The summed E-state index contributed by atoms with van der Waals surface area (Å²) in [7, 11) is 1.60. The van der Waals surface area contributed by atoms with E-state index in [-0.39, 0.29) is 5.91 Å². The van der Waals surface area contributed by atoms with Gasteiger partial charge in [-0.3, -0.25) is 4.79 Å². The Labute approximate surface area is 130 Å². The molecule has 0 fully saturated rings. The molecule has 0 atom stereocenters. The van der Waals surface area contributed by atoms with E-state index in [2.05, 4.69) is 5.32 Å². The Kier molecular flexibility index (Phi) is 5.20. The average molecular weight is 297 g/mol. The molecule has 1 N–H and O–H groups in total. The first kappa shape index (κ1) is 15.6. The summed E-state index contributed by atoms with van der Waals surface area (Å²) >= 11 is 0. The Morgan fingerprint density at radius 3 is 2.45 bits per heavy atom. The molecule has 0 unspecified atom stereocenters. The van der Waals surface area contributed by atoms with Gasteiger partial charge in [0.05, 0.1) is 13.4 Å². The van der Waals surface area contributed by atoms with E-state index in [1.165, 1.54) is 6.26 Å². The molecule has 22 heavy (non-hydrogen) atoms. The van der Waals surface area contributed by atoms with Crippen LogP contribution < -0.4 is 14.8 Å². The third-order valence-electron chi connectivity index (χ3n) is 3.07. The molecule has 1 amide bonds. The summed E-state index contributed by atoms with van der Waals surface area (Å²) in [6.45, 7) is 3.69. The van der Waals surface area contributed by atoms with Gasteiger partial charge in [-0.1, -0.05) is 12.1 Å². The van der Waals surface area contributed by atoms with Gasteiger partial charge in [-0.05, 0) is 55.8 Å². The van der Waals surface area contributed by atoms with Crippen LogP contribution in [0.3, 0.4) is 0 Å². The zero-order chi connectivity index (χ0) is 15.9. The monoisotopic (exact) mass is 297 g/mol. The van der Waals surface area contributed by atoms with Crippen LogP contribution in [0.4, 0.5) is 5.69 Å². The molecule has 0 radical (unpaired) electrons. The van der Waals surface area contributed by atoms with Crippen LogP contribution >= 0.6 is 0 Å². The van der Waals surface area contributed by atoms with Crippen molar-refractivity contribution in [2.75, 3.05) is 12.4 Å². The summed E-state index contributed by atoms with van der Waals surface area (Å²) in [5.41, 5.74) is 2.29. The molecule has 4 heteroatoms. The number of nitrogens with one attached hydrogen (secondary N) is 1. The predicted molar refractivity (Wildman–Crippen MR) is 87.2 cm³/mol. The third-order valence-corrected chi connectivity index (χ3v) is 3.07. The Morgan fingerprint density at radius 1 is 1.09 bits per heavy atom. The van der Waals surface area contributed by atoms with Crippen molar-refractivity contribution < 1.29 is 14.3 Å². The molecule has 0 heterocycles. The molecule has 0 spiro atoms. The van der Waals surface area contributed by atoms with E-state index in [1.807, 2.05) is 31.2 Å². The maximum Gasteiger partial charge on any atom is 0.254 e. The van der Waals surface area contributed by atoms with E-state index in [1.54, 1.807) is 38.3 Å². The SMILES string of the molecule is COc1ccc(NC(=O)/C(C)=C/Oc2cccc(C)c2)cc1. The number of carbonyl (C=O) groups excluding carboxylic acids is 1. The summed E-state index contributed by atoms with van der Waals surface area (Å²) in [5, 5.41) is 2.80. The lowest BCUT2D eigenvalue weighted by Crippen LogP contribution is -2.13. The number of amides is 1. The van der Waals surface area contributed by atoms with Crippen LogP contribution in [0.5, 0.6) is 11.5 Å². The van der Waals surface area contributed by atoms with Crippen LogP contribution in [-0.2, 0) is 4.79 Å². The van der Waals surface area contributed by atoms with Gasteiger partial charge in [-0.25, -0.2) is 0 Å². The van der Waals surface area contributed by atoms with Crippen LogP contribution in [0.2, 0.25) is 0 Å². The van der Waals surface area contributed by atoms with Gasteiger partial charge in [0.1, 0.15) is 11.5 Å². The summed E-state index contributed by atoms with van der Waals surface area (Å²) in [5.74, 6) is 1.24. The van der Waals surface area contributed by atoms with Crippen LogP contribution in [0.1, 0.15) is 12.5 Å². The molecule has 4 nitrogen and oxygen atoms in total. The van der Waals surface area contributed by atoms with E-state index in [0.717, 1.165) is 11.3 Å². The first-order chi connectivity index (χ1) is 10.6. The van der Waals surface area contributed by atoms with Gasteiger partial charge < -0.3 is 14.8 Å². The van der Waals surface area contributed by atoms with Crippen LogP contribution in [0, 0.1) is 6.92 Å². The molecule has 0 aliphatic rings. The van der Waals surface area contributed by atoms with E-state index < -0.39 is 0 Å². The smallest absolute Gasteiger partial charge is 0.254 e. The Hall–Kier alpha value is -2.75. The highest BCUT2D eigenvalue weighted by Gasteiger charge is 2.05. The fourth-order valence-electron chi connectivity index (χ4n) is 1.80. The maximum atomic E-state index is 12.1. The molecule has 0 saturated carbocycles. The van der Waals surface area contributed by atoms with Crippen LogP contribution in [0.15, 0.2) is 60.4 Å². The fourth-order valence-corrected chi connectivity index (χ4v) is 1.80. The second kappa shape index (κ2) is 7.31. The minimum atomic E-state index is -0.210. The summed E-state index contributed by atoms with van der Waals surface area (Å²) in [6.07, 6.45) is 1.45. The molecule has 2 aromatic carbocycles. The molecule has 0 bridgehead atoms. The first-order valence-electron chi connectivity index (χ1n) is 6.94. The molecule has 0 saturated heterocycles. The highest BCUT2D eigenvalue weighted by Crippen LogP contribution is 2.16. The van der Waals surface area contributed by atoms with Crippen LogP contribution in [-0.4, -0.2) is 13.0 Å². The number of hydrogen-bond donors (Lipinski definition) is 1. The Balaban J connectivity index is 1.97. The maximum absolute atomic E-state index is 12.1. The number of ether oxygens (including phenoxy) is 2. The van der Waals surface area contributed by atoms with Crippen molar-refractivity contribution in [2.45, 2.75) is 13.8 Å². The minimum Gasteiger partial charge on any atom is -0.497 e. The van der Waals surface area contributed by atoms with Gasteiger partial charge in [0.2, 0.25) is 0 Å². The van der Waals surface area contributed by atoms with Gasteiger partial charge in [0.25, 0.3) is 5.91 Å². The topological polar surface area (TPSA) is 47.6 Å². The van der Waals surface area contributed by atoms with Crippen molar-refractivity contribution in [2.24, 2.45) is 0 Å². The van der Waals surface area contributed by atoms with Crippen LogP contribution in [0.25, 0.3) is 0 Å². The summed E-state index contributed by atoms with van der Waals surface area (Å²) < 4.78 is 10.6. The second-order valence-corrected chi connectivity index (χ2v) is 4.92. The summed E-state index contributed by atoms with van der Waals surface area (Å²) in [4.78, 5) is 12.1. The van der Waals surface area contributed by atoms with Crippen molar-refractivity contribution in [3.63, 3.8) is 0 Å². The predicted octanol–water partition coefficient (Wildman–Crippen LogP) is 3.92. The molecule has 0 aliphatic carbocycles. The van der Waals surface area contributed by atoms with Gasteiger partial charge in [-0.15, -0.1) is 0 Å². The highest BCUT2D eigenvalue weighted by atomic mass is 16.5. The van der Waals surface area contributed by atoms with E-state index in [4.69, 9.17) is 9.47 Å². The molecule has 0 aliphatic heterocycles. The zero-order valence-corrected chi connectivity index (χ0v) is 12.9. The molecule has 0 aromatic heterocycles. The number of hydrogen-bond acceptors (Lipinski definition) is 3. The quantitative estimate of drug-likeness (QED) is 0.672. The number of carbonyl (C=O) groups is 1. The molecular weight excluding hydrogens is 278 g/mol. The fraction of sp³-hybridized carbons (Fsp3) is 0.167. The Morgan fingerprint density at radius 2 is 1.82 bits per heavy atom. The molecule has 114 valence electrons. The number of anilines is 1. The highest BCUT2D eigenvalue weighted by molar-refractivity contribution is 6.03. The Bertz CT molecular complexity index is 675. The first-order valence-corrected chi connectivity index (χ1v) is 6.94. The second-order valence-electron chi connectivity index (χ2n) is 4.92. The van der Waals surface area contributed by atoms with Crippen molar-refractivity contribution in [3.8, 4) is 11.5 Å². The number of benzene rings is 2.